The Bertz CT molecular complexity index is 110. The Hall–Kier alpha value is 0.110. The van der Waals surface area contributed by atoms with Crippen molar-refractivity contribution >= 4 is 10.8 Å². The standard InChI is InChI=1S/C6H13NOS/c1-9(8)6-3-2-4-7-5-6/h6-7H,2-5H2,1H3. The van der Waals surface area contributed by atoms with Crippen LogP contribution >= 0.6 is 0 Å². The van der Waals surface area contributed by atoms with Gasteiger partial charge >= 0.3 is 0 Å². The Morgan fingerprint density at radius 1 is 1.67 bits per heavy atom. The molecule has 2 nitrogen and oxygen atoms in total. The summed E-state index contributed by atoms with van der Waals surface area (Å²) in [5, 5.41) is 3.64. The summed E-state index contributed by atoms with van der Waals surface area (Å²) >= 11 is 0. The van der Waals surface area contributed by atoms with Gasteiger partial charge in [-0.2, -0.15) is 0 Å². The topological polar surface area (TPSA) is 29.1 Å². The SMILES string of the molecule is CS(=O)C1CCCNC1. The van der Waals surface area contributed by atoms with E-state index in [4.69, 9.17) is 0 Å². The first-order valence-corrected chi connectivity index (χ1v) is 4.96. The molecule has 3 heteroatoms. The highest BCUT2D eigenvalue weighted by atomic mass is 32.2. The minimum atomic E-state index is -0.615. The third kappa shape index (κ3) is 2.06. The normalized spacial score (nSPS) is 31.9. The van der Waals surface area contributed by atoms with Gasteiger partial charge in [0.1, 0.15) is 0 Å². The van der Waals surface area contributed by atoms with Gasteiger partial charge in [-0.15, -0.1) is 0 Å². The molecule has 9 heavy (non-hydrogen) atoms. The van der Waals surface area contributed by atoms with Crippen LogP contribution in [0.25, 0.3) is 0 Å². The molecule has 1 saturated heterocycles. The molecule has 1 rings (SSSR count). The van der Waals surface area contributed by atoms with E-state index in [0.29, 0.717) is 5.25 Å². The number of rotatable bonds is 1. The van der Waals surface area contributed by atoms with Gasteiger partial charge in [-0.25, -0.2) is 0 Å². The van der Waals surface area contributed by atoms with Crippen molar-refractivity contribution in [3.63, 3.8) is 0 Å². The van der Waals surface area contributed by atoms with Crippen molar-refractivity contribution in [2.75, 3.05) is 19.3 Å². The summed E-state index contributed by atoms with van der Waals surface area (Å²) in [5.41, 5.74) is 0. The second-order valence-electron chi connectivity index (χ2n) is 2.47. The van der Waals surface area contributed by atoms with Gasteiger partial charge in [0.25, 0.3) is 0 Å². The van der Waals surface area contributed by atoms with Gasteiger partial charge in [-0.3, -0.25) is 4.21 Å². The zero-order valence-electron chi connectivity index (χ0n) is 5.72. The Morgan fingerprint density at radius 3 is 2.78 bits per heavy atom. The van der Waals surface area contributed by atoms with Crippen LogP contribution in [0.2, 0.25) is 0 Å². The minimum absolute atomic E-state index is 0.416. The molecule has 0 aliphatic carbocycles. The fraction of sp³-hybridized carbons (Fsp3) is 1.00. The molecular weight excluding hydrogens is 134 g/mol. The average Bonchev–Trinajstić information content (AvgIpc) is 1.90. The highest BCUT2D eigenvalue weighted by Crippen LogP contribution is 2.06. The van der Waals surface area contributed by atoms with Gasteiger partial charge in [0, 0.05) is 28.9 Å². The molecule has 1 aliphatic heterocycles. The van der Waals surface area contributed by atoms with E-state index in [1.165, 1.54) is 6.42 Å². The van der Waals surface area contributed by atoms with E-state index in [0.717, 1.165) is 19.5 Å². The summed E-state index contributed by atoms with van der Waals surface area (Å²) in [4.78, 5) is 0. The summed E-state index contributed by atoms with van der Waals surface area (Å²) < 4.78 is 10.9. The van der Waals surface area contributed by atoms with Crippen LogP contribution < -0.4 is 5.32 Å². The lowest BCUT2D eigenvalue weighted by Gasteiger charge is -2.19. The van der Waals surface area contributed by atoms with E-state index in [2.05, 4.69) is 5.32 Å². The zero-order valence-corrected chi connectivity index (χ0v) is 6.54. The Morgan fingerprint density at radius 2 is 2.44 bits per heavy atom. The van der Waals surface area contributed by atoms with Gasteiger partial charge in [0.15, 0.2) is 0 Å². The van der Waals surface area contributed by atoms with Crippen LogP contribution in [0.3, 0.4) is 0 Å². The average molecular weight is 147 g/mol. The van der Waals surface area contributed by atoms with Crippen molar-refractivity contribution in [1.29, 1.82) is 0 Å². The van der Waals surface area contributed by atoms with Crippen LogP contribution in [0.1, 0.15) is 12.8 Å². The van der Waals surface area contributed by atoms with Gasteiger partial charge < -0.3 is 5.32 Å². The molecule has 0 aromatic carbocycles. The van der Waals surface area contributed by atoms with Crippen molar-refractivity contribution in [3.05, 3.63) is 0 Å². The van der Waals surface area contributed by atoms with E-state index in [1.54, 1.807) is 6.26 Å². The number of piperidine rings is 1. The third-order valence-corrected chi connectivity index (χ3v) is 3.06. The van der Waals surface area contributed by atoms with Crippen molar-refractivity contribution in [2.24, 2.45) is 0 Å². The molecule has 0 aromatic rings. The predicted molar refractivity (Wildman–Crippen MR) is 40.0 cm³/mol. The second-order valence-corrected chi connectivity index (χ2v) is 4.13. The van der Waals surface area contributed by atoms with Crippen LogP contribution in [0, 0.1) is 0 Å². The molecule has 0 amide bonds. The molecule has 2 unspecified atom stereocenters. The van der Waals surface area contributed by atoms with Crippen molar-refractivity contribution in [1.82, 2.24) is 5.32 Å². The number of nitrogens with one attached hydrogen (secondary N) is 1. The molecule has 54 valence electrons. The molecule has 1 heterocycles. The molecule has 0 saturated carbocycles. The van der Waals surface area contributed by atoms with Crippen molar-refractivity contribution in [2.45, 2.75) is 18.1 Å². The maximum absolute atomic E-state index is 10.9. The molecule has 0 spiro atoms. The molecule has 1 N–H and O–H groups in total. The summed E-state index contributed by atoms with van der Waals surface area (Å²) in [6.07, 6.45) is 4.11. The smallest absolute Gasteiger partial charge is 0.0470 e. The van der Waals surface area contributed by atoms with Crippen LogP contribution in [0.4, 0.5) is 0 Å². The second kappa shape index (κ2) is 3.32. The summed E-state index contributed by atoms with van der Waals surface area (Å²) in [6.45, 7) is 2.05. The molecule has 1 aliphatic rings. The Kier molecular flexibility index (Phi) is 2.66. The maximum atomic E-state index is 10.9. The Balaban J connectivity index is 2.31. The summed E-state index contributed by atoms with van der Waals surface area (Å²) in [7, 11) is -0.615. The van der Waals surface area contributed by atoms with Crippen LogP contribution in [-0.2, 0) is 10.8 Å². The predicted octanol–water partition coefficient (Wildman–Crippen LogP) is 0.117. The van der Waals surface area contributed by atoms with Gasteiger partial charge in [-0.1, -0.05) is 0 Å². The lowest BCUT2D eigenvalue weighted by Crippen LogP contribution is -2.35. The lowest BCUT2D eigenvalue weighted by molar-refractivity contribution is 0.521. The maximum Gasteiger partial charge on any atom is 0.0470 e. The van der Waals surface area contributed by atoms with E-state index in [1.807, 2.05) is 0 Å². The van der Waals surface area contributed by atoms with E-state index in [9.17, 15) is 4.21 Å². The fourth-order valence-corrected chi connectivity index (χ4v) is 1.95. The quantitative estimate of drug-likeness (QED) is 0.570. The number of hydrogen-bond donors (Lipinski definition) is 1. The Labute approximate surface area is 58.5 Å². The molecule has 1 fully saturated rings. The van der Waals surface area contributed by atoms with Gasteiger partial charge in [-0.05, 0) is 19.4 Å². The van der Waals surface area contributed by atoms with Crippen molar-refractivity contribution in [3.8, 4) is 0 Å². The largest absolute Gasteiger partial charge is 0.316 e. The molecule has 0 aromatic heterocycles. The lowest BCUT2D eigenvalue weighted by atomic mass is 10.2. The molecular formula is C6H13NOS. The first kappa shape index (κ1) is 7.22. The van der Waals surface area contributed by atoms with Crippen LogP contribution in [0.15, 0.2) is 0 Å². The summed E-state index contributed by atoms with van der Waals surface area (Å²) in [6, 6.07) is 0. The first-order chi connectivity index (χ1) is 4.30. The van der Waals surface area contributed by atoms with Crippen LogP contribution in [-0.4, -0.2) is 28.8 Å². The number of hydrogen-bond acceptors (Lipinski definition) is 2. The highest BCUT2D eigenvalue weighted by molar-refractivity contribution is 7.84. The zero-order chi connectivity index (χ0) is 6.69. The molecule has 2 atom stereocenters. The van der Waals surface area contributed by atoms with E-state index < -0.39 is 10.8 Å². The monoisotopic (exact) mass is 147 g/mol. The van der Waals surface area contributed by atoms with Crippen molar-refractivity contribution < 1.29 is 4.21 Å². The summed E-state index contributed by atoms with van der Waals surface area (Å²) in [5.74, 6) is 0. The van der Waals surface area contributed by atoms with E-state index in [-0.39, 0.29) is 0 Å². The van der Waals surface area contributed by atoms with Gasteiger partial charge in [0.2, 0.25) is 0 Å². The highest BCUT2D eigenvalue weighted by Gasteiger charge is 2.15. The first-order valence-electron chi connectivity index (χ1n) is 3.33. The third-order valence-electron chi connectivity index (χ3n) is 1.72. The van der Waals surface area contributed by atoms with Gasteiger partial charge in [0.05, 0.1) is 0 Å². The minimum Gasteiger partial charge on any atom is -0.316 e. The molecule has 0 radical (unpaired) electrons. The fourth-order valence-electron chi connectivity index (χ4n) is 1.10. The molecule has 0 bridgehead atoms. The van der Waals surface area contributed by atoms with Crippen LogP contribution in [0.5, 0.6) is 0 Å². The van der Waals surface area contributed by atoms with E-state index >= 15 is 0 Å².